The monoisotopic (exact) mass is 346 g/mol. The Bertz CT molecular complexity index is 1020. The molecule has 0 spiro atoms. The molecule has 7 heteroatoms. The highest BCUT2D eigenvalue weighted by molar-refractivity contribution is 5.62. The SMILES string of the molecule is Cc1ccccc1-c1nnc(NCc2cn(C)nc2-c2cccnc2)o1. The maximum atomic E-state index is 5.75. The number of hydrogen-bond donors (Lipinski definition) is 1. The van der Waals surface area contributed by atoms with Crippen molar-refractivity contribution in [1.29, 1.82) is 0 Å². The van der Waals surface area contributed by atoms with Crippen molar-refractivity contribution in [3.8, 4) is 22.7 Å². The van der Waals surface area contributed by atoms with Gasteiger partial charge in [-0.05, 0) is 30.7 Å². The molecule has 0 radical (unpaired) electrons. The summed E-state index contributed by atoms with van der Waals surface area (Å²) < 4.78 is 7.54. The standard InChI is InChI=1S/C19H18N6O/c1-13-6-3-4-8-16(13)18-22-23-19(26-18)21-11-15-12-25(2)24-17(15)14-7-5-9-20-10-14/h3-10,12H,11H2,1-2H3,(H,21,23). The van der Waals surface area contributed by atoms with Crippen LogP contribution in [-0.2, 0) is 13.6 Å². The Morgan fingerprint density at radius 3 is 2.81 bits per heavy atom. The van der Waals surface area contributed by atoms with Crippen molar-refractivity contribution in [3.63, 3.8) is 0 Å². The van der Waals surface area contributed by atoms with E-state index in [1.807, 2.05) is 56.6 Å². The van der Waals surface area contributed by atoms with Crippen LogP contribution >= 0.6 is 0 Å². The highest BCUT2D eigenvalue weighted by Gasteiger charge is 2.13. The van der Waals surface area contributed by atoms with E-state index in [0.717, 1.165) is 27.9 Å². The molecular weight excluding hydrogens is 328 g/mol. The number of rotatable bonds is 5. The second-order valence-electron chi connectivity index (χ2n) is 6.00. The molecule has 26 heavy (non-hydrogen) atoms. The minimum Gasteiger partial charge on any atom is -0.403 e. The maximum Gasteiger partial charge on any atom is 0.316 e. The summed E-state index contributed by atoms with van der Waals surface area (Å²) in [5.41, 5.74) is 4.90. The molecule has 0 aliphatic heterocycles. The molecule has 1 N–H and O–H groups in total. The van der Waals surface area contributed by atoms with Crippen molar-refractivity contribution in [2.24, 2.45) is 7.05 Å². The zero-order valence-corrected chi connectivity index (χ0v) is 14.5. The van der Waals surface area contributed by atoms with Crippen molar-refractivity contribution in [1.82, 2.24) is 25.0 Å². The van der Waals surface area contributed by atoms with E-state index in [-0.39, 0.29) is 0 Å². The summed E-state index contributed by atoms with van der Waals surface area (Å²) in [5, 5.41) is 15.9. The van der Waals surface area contributed by atoms with E-state index in [1.54, 1.807) is 17.1 Å². The van der Waals surface area contributed by atoms with Crippen molar-refractivity contribution < 1.29 is 4.42 Å². The average molecular weight is 346 g/mol. The lowest BCUT2D eigenvalue weighted by atomic mass is 10.1. The molecule has 0 unspecified atom stereocenters. The van der Waals surface area contributed by atoms with Gasteiger partial charge in [0.15, 0.2) is 0 Å². The van der Waals surface area contributed by atoms with Crippen molar-refractivity contribution in [2.75, 3.05) is 5.32 Å². The van der Waals surface area contributed by atoms with Gasteiger partial charge in [-0.15, -0.1) is 5.10 Å². The van der Waals surface area contributed by atoms with Crippen molar-refractivity contribution in [2.45, 2.75) is 13.5 Å². The molecule has 0 atom stereocenters. The summed E-state index contributed by atoms with van der Waals surface area (Å²) in [7, 11) is 1.90. The van der Waals surface area contributed by atoms with E-state index in [0.29, 0.717) is 18.5 Å². The van der Waals surface area contributed by atoms with Crippen LogP contribution in [0.1, 0.15) is 11.1 Å². The van der Waals surface area contributed by atoms with Gasteiger partial charge in [0, 0.05) is 48.9 Å². The Hall–Kier alpha value is -3.48. The Morgan fingerprint density at radius 1 is 1.12 bits per heavy atom. The number of nitrogens with zero attached hydrogens (tertiary/aromatic N) is 5. The first kappa shape index (κ1) is 16.0. The number of pyridine rings is 1. The zero-order valence-electron chi connectivity index (χ0n) is 14.5. The predicted octanol–water partition coefficient (Wildman–Crippen LogP) is 3.45. The Labute approximate surface area is 150 Å². The molecule has 1 aromatic carbocycles. The first-order valence-corrected chi connectivity index (χ1v) is 8.27. The number of aromatic nitrogens is 5. The maximum absolute atomic E-state index is 5.75. The molecule has 0 aliphatic carbocycles. The van der Waals surface area contributed by atoms with Gasteiger partial charge in [0.1, 0.15) is 0 Å². The molecule has 0 fully saturated rings. The Morgan fingerprint density at radius 2 is 2.00 bits per heavy atom. The number of anilines is 1. The quantitative estimate of drug-likeness (QED) is 0.596. The second kappa shape index (κ2) is 6.79. The van der Waals surface area contributed by atoms with Crippen LogP contribution in [0.3, 0.4) is 0 Å². The summed E-state index contributed by atoms with van der Waals surface area (Å²) in [4.78, 5) is 4.16. The molecule has 0 bridgehead atoms. The highest BCUT2D eigenvalue weighted by atomic mass is 16.4. The van der Waals surface area contributed by atoms with Crippen LogP contribution in [0.5, 0.6) is 0 Å². The van der Waals surface area contributed by atoms with Gasteiger partial charge in [0.25, 0.3) is 0 Å². The molecule has 7 nitrogen and oxygen atoms in total. The van der Waals surface area contributed by atoms with Gasteiger partial charge in [0.2, 0.25) is 5.89 Å². The normalized spacial score (nSPS) is 10.8. The highest BCUT2D eigenvalue weighted by Crippen LogP contribution is 2.25. The van der Waals surface area contributed by atoms with E-state index in [9.17, 15) is 0 Å². The van der Waals surface area contributed by atoms with Crippen LogP contribution in [0.4, 0.5) is 6.01 Å². The van der Waals surface area contributed by atoms with Crippen LogP contribution in [0.15, 0.2) is 59.4 Å². The smallest absolute Gasteiger partial charge is 0.316 e. The number of benzene rings is 1. The van der Waals surface area contributed by atoms with E-state index < -0.39 is 0 Å². The van der Waals surface area contributed by atoms with E-state index in [4.69, 9.17) is 4.42 Å². The lowest BCUT2D eigenvalue weighted by molar-refractivity contribution is 0.580. The largest absolute Gasteiger partial charge is 0.403 e. The first-order chi connectivity index (χ1) is 12.7. The van der Waals surface area contributed by atoms with Crippen LogP contribution in [-0.4, -0.2) is 25.0 Å². The van der Waals surface area contributed by atoms with Crippen LogP contribution < -0.4 is 5.32 Å². The molecule has 130 valence electrons. The first-order valence-electron chi connectivity index (χ1n) is 8.27. The summed E-state index contributed by atoms with van der Waals surface area (Å²) in [6.45, 7) is 2.54. The summed E-state index contributed by atoms with van der Waals surface area (Å²) in [6, 6.07) is 12.2. The Kier molecular flexibility index (Phi) is 4.18. The van der Waals surface area contributed by atoms with Crippen molar-refractivity contribution in [3.05, 3.63) is 66.1 Å². The molecule has 3 heterocycles. The number of nitrogens with one attached hydrogen (secondary N) is 1. The third-order valence-corrected chi connectivity index (χ3v) is 4.07. The molecule has 0 amide bonds. The van der Waals surface area contributed by atoms with Gasteiger partial charge in [0.05, 0.1) is 5.69 Å². The third-order valence-electron chi connectivity index (χ3n) is 4.07. The van der Waals surface area contributed by atoms with Crippen LogP contribution in [0, 0.1) is 6.92 Å². The van der Waals surface area contributed by atoms with Gasteiger partial charge in [-0.3, -0.25) is 9.67 Å². The molecule has 0 saturated carbocycles. The summed E-state index contributed by atoms with van der Waals surface area (Å²) >= 11 is 0. The minimum atomic E-state index is 0.379. The molecule has 3 aromatic heterocycles. The molecule has 4 aromatic rings. The second-order valence-corrected chi connectivity index (χ2v) is 6.00. The lowest BCUT2D eigenvalue weighted by Crippen LogP contribution is -2.00. The minimum absolute atomic E-state index is 0.379. The molecular formula is C19H18N6O. The fourth-order valence-electron chi connectivity index (χ4n) is 2.80. The van der Waals surface area contributed by atoms with Gasteiger partial charge in [-0.25, -0.2) is 0 Å². The van der Waals surface area contributed by atoms with E-state index in [1.165, 1.54) is 0 Å². The number of hydrogen-bond acceptors (Lipinski definition) is 6. The molecule has 0 saturated heterocycles. The fourth-order valence-corrected chi connectivity index (χ4v) is 2.80. The Balaban J connectivity index is 1.53. The topological polar surface area (TPSA) is 81.7 Å². The molecule has 0 aliphatic rings. The summed E-state index contributed by atoms with van der Waals surface area (Å²) in [5.74, 6) is 0.504. The fraction of sp³-hybridized carbons (Fsp3) is 0.158. The van der Waals surface area contributed by atoms with Crippen LogP contribution in [0.2, 0.25) is 0 Å². The van der Waals surface area contributed by atoms with Gasteiger partial charge >= 0.3 is 6.01 Å². The predicted molar refractivity (Wildman–Crippen MR) is 98.2 cm³/mol. The zero-order chi connectivity index (χ0) is 17.9. The van der Waals surface area contributed by atoms with Gasteiger partial charge in [-0.1, -0.05) is 23.3 Å². The van der Waals surface area contributed by atoms with E-state index in [2.05, 4.69) is 25.6 Å². The lowest BCUT2D eigenvalue weighted by Gasteiger charge is -2.03. The van der Waals surface area contributed by atoms with Gasteiger partial charge < -0.3 is 9.73 Å². The number of aryl methyl sites for hydroxylation is 2. The molecule has 4 rings (SSSR count). The van der Waals surface area contributed by atoms with E-state index >= 15 is 0 Å². The average Bonchev–Trinajstić information content (AvgIpc) is 3.27. The van der Waals surface area contributed by atoms with Gasteiger partial charge in [-0.2, -0.15) is 5.10 Å². The third kappa shape index (κ3) is 3.19. The summed E-state index contributed by atoms with van der Waals surface area (Å²) in [6.07, 6.45) is 5.51. The van der Waals surface area contributed by atoms with Crippen molar-refractivity contribution >= 4 is 6.01 Å². The van der Waals surface area contributed by atoms with Crippen LogP contribution in [0.25, 0.3) is 22.7 Å².